The predicted molar refractivity (Wildman–Crippen MR) is 69.8 cm³/mol. The standard InChI is InChI=1S/C14H22FNO/c1-4-5-6-10-16(3)13-9-7-8-12(15)14(13)11(2)17/h7-9,11,17H,4-6,10H2,1-3H3/t11-/m0/s1. The van der Waals surface area contributed by atoms with Crippen LogP contribution in [0.5, 0.6) is 0 Å². The molecule has 17 heavy (non-hydrogen) atoms. The zero-order valence-electron chi connectivity index (χ0n) is 10.9. The van der Waals surface area contributed by atoms with Crippen LogP contribution in [0.1, 0.15) is 44.8 Å². The molecule has 0 amide bonds. The summed E-state index contributed by atoms with van der Waals surface area (Å²) in [6.45, 7) is 4.64. The quantitative estimate of drug-likeness (QED) is 0.768. The highest BCUT2D eigenvalue weighted by molar-refractivity contribution is 5.54. The van der Waals surface area contributed by atoms with Gasteiger partial charge < -0.3 is 10.0 Å². The first-order valence-electron chi connectivity index (χ1n) is 6.25. The Kier molecular flexibility index (Phi) is 5.42. The Labute approximate surface area is 103 Å². The zero-order chi connectivity index (χ0) is 12.8. The highest BCUT2D eigenvalue weighted by Crippen LogP contribution is 2.28. The van der Waals surface area contributed by atoms with E-state index in [2.05, 4.69) is 6.92 Å². The smallest absolute Gasteiger partial charge is 0.131 e. The van der Waals surface area contributed by atoms with Crippen molar-refractivity contribution in [1.82, 2.24) is 0 Å². The van der Waals surface area contributed by atoms with Crippen molar-refractivity contribution < 1.29 is 9.50 Å². The SMILES string of the molecule is CCCCCN(C)c1cccc(F)c1[C@H](C)O. The van der Waals surface area contributed by atoms with E-state index < -0.39 is 6.10 Å². The van der Waals surface area contributed by atoms with Crippen LogP contribution in [0, 0.1) is 5.82 Å². The van der Waals surface area contributed by atoms with Gasteiger partial charge in [-0.05, 0) is 25.5 Å². The molecule has 1 aromatic rings. The first-order chi connectivity index (χ1) is 8.07. The maximum atomic E-state index is 13.7. The van der Waals surface area contributed by atoms with Crippen LogP contribution >= 0.6 is 0 Å². The Morgan fingerprint density at radius 2 is 2.06 bits per heavy atom. The average molecular weight is 239 g/mol. The summed E-state index contributed by atoms with van der Waals surface area (Å²) in [5.74, 6) is -0.333. The molecule has 1 N–H and O–H groups in total. The van der Waals surface area contributed by atoms with E-state index in [-0.39, 0.29) is 5.82 Å². The van der Waals surface area contributed by atoms with Crippen LogP contribution in [0.4, 0.5) is 10.1 Å². The van der Waals surface area contributed by atoms with Gasteiger partial charge in [-0.25, -0.2) is 4.39 Å². The van der Waals surface area contributed by atoms with Crippen molar-refractivity contribution in [1.29, 1.82) is 0 Å². The molecule has 0 saturated heterocycles. The van der Waals surface area contributed by atoms with Crippen LogP contribution in [0.15, 0.2) is 18.2 Å². The highest BCUT2D eigenvalue weighted by Gasteiger charge is 2.15. The summed E-state index contributed by atoms with van der Waals surface area (Å²) in [7, 11) is 1.94. The first kappa shape index (κ1) is 14.0. The van der Waals surface area contributed by atoms with E-state index in [0.29, 0.717) is 5.56 Å². The molecular weight excluding hydrogens is 217 g/mol. The molecule has 0 unspecified atom stereocenters. The van der Waals surface area contributed by atoms with Crippen molar-refractivity contribution in [2.45, 2.75) is 39.2 Å². The van der Waals surface area contributed by atoms with Crippen molar-refractivity contribution in [3.63, 3.8) is 0 Å². The Bertz CT molecular complexity index is 352. The van der Waals surface area contributed by atoms with E-state index in [9.17, 15) is 9.50 Å². The number of aliphatic hydroxyl groups is 1. The number of rotatable bonds is 6. The lowest BCUT2D eigenvalue weighted by atomic mass is 10.1. The maximum Gasteiger partial charge on any atom is 0.131 e. The summed E-state index contributed by atoms with van der Waals surface area (Å²) in [5.41, 5.74) is 1.18. The molecule has 0 aliphatic rings. The topological polar surface area (TPSA) is 23.5 Å². The van der Waals surface area contributed by atoms with E-state index >= 15 is 0 Å². The van der Waals surface area contributed by atoms with Gasteiger partial charge >= 0.3 is 0 Å². The number of hydrogen-bond donors (Lipinski definition) is 1. The number of aliphatic hydroxyl groups excluding tert-OH is 1. The Hall–Kier alpha value is -1.09. The first-order valence-corrected chi connectivity index (χ1v) is 6.25. The molecule has 0 saturated carbocycles. The maximum absolute atomic E-state index is 13.7. The number of anilines is 1. The fourth-order valence-electron chi connectivity index (χ4n) is 1.99. The van der Waals surface area contributed by atoms with E-state index in [1.54, 1.807) is 13.0 Å². The minimum absolute atomic E-state index is 0.333. The average Bonchev–Trinajstić information content (AvgIpc) is 2.28. The second-order valence-corrected chi connectivity index (χ2v) is 4.48. The third-order valence-corrected chi connectivity index (χ3v) is 2.96. The van der Waals surface area contributed by atoms with Crippen LogP contribution in [0.25, 0.3) is 0 Å². The van der Waals surface area contributed by atoms with E-state index in [1.807, 2.05) is 18.0 Å². The monoisotopic (exact) mass is 239 g/mol. The Morgan fingerprint density at radius 1 is 1.35 bits per heavy atom. The molecule has 0 heterocycles. The number of nitrogens with zero attached hydrogens (tertiary/aromatic N) is 1. The molecule has 0 bridgehead atoms. The van der Waals surface area contributed by atoms with E-state index in [4.69, 9.17) is 0 Å². The van der Waals surface area contributed by atoms with Crippen molar-refractivity contribution >= 4 is 5.69 Å². The summed E-state index contributed by atoms with van der Waals surface area (Å²) < 4.78 is 13.7. The van der Waals surface area contributed by atoms with Gasteiger partial charge in [-0.2, -0.15) is 0 Å². The third kappa shape index (κ3) is 3.70. The minimum Gasteiger partial charge on any atom is -0.389 e. The molecule has 0 aromatic heterocycles. The van der Waals surface area contributed by atoms with Crippen LogP contribution in [0.3, 0.4) is 0 Å². The second-order valence-electron chi connectivity index (χ2n) is 4.48. The molecule has 1 rings (SSSR count). The van der Waals surface area contributed by atoms with Crippen molar-refractivity contribution in [2.24, 2.45) is 0 Å². The van der Waals surface area contributed by atoms with Crippen molar-refractivity contribution in [3.05, 3.63) is 29.6 Å². The molecule has 1 aromatic carbocycles. The van der Waals surface area contributed by atoms with Gasteiger partial charge in [-0.15, -0.1) is 0 Å². The van der Waals surface area contributed by atoms with Crippen LogP contribution in [0.2, 0.25) is 0 Å². The molecule has 0 fully saturated rings. The van der Waals surface area contributed by atoms with E-state index in [1.165, 1.54) is 18.9 Å². The molecule has 2 nitrogen and oxygen atoms in total. The number of hydrogen-bond acceptors (Lipinski definition) is 2. The van der Waals surface area contributed by atoms with Crippen molar-refractivity contribution in [2.75, 3.05) is 18.5 Å². The fourth-order valence-corrected chi connectivity index (χ4v) is 1.99. The lowest BCUT2D eigenvalue weighted by Crippen LogP contribution is -2.21. The molecule has 0 spiro atoms. The molecule has 0 radical (unpaired) electrons. The fraction of sp³-hybridized carbons (Fsp3) is 0.571. The zero-order valence-corrected chi connectivity index (χ0v) is 10.9. The summed E-state index contributed by atoms with van der Waals surface area (Å²) in [4.78, 5) is 2.01. The Morgan fingerprint density at radius 3 is 2.65 bits per heavy atom. The predicted octanol–water partition coefficient (Wildman–Crippen LogP) is 3.51. The lowest BCUT2D eigenvalue weighted by Gasteiger charge is -2.24. The van der Waals surface area contributed by atoms with Gasteiger partial charge in [0.05, 0.1) is 6.10 Å². The van der Waals surface area contributed by atoms with Gasteiger partial charge in [0, 0.05) is 24.8 Å². The largest absolute Gasteiger partial charge is 0.389 e. The molecule has 0 aliphatic heterocycles. The molecule has 96 valence electrons. The summed E-state index contributed by atoms with van der Waals surface area (Å²) >= 11 is 0. The second kappa shape index (κ2) is 6.60. The highest BCUT2D eigenvalue weighted by atomic mass is 19.1. The summed E-state index contributed by atoms with van der Waals surface area (Å²) in [6.07, 6.45) is 2.65. The molecule has 0 aliphatic carbocycles. The van der Waals surface area contributed by atoms with Gasteiger partial charge in [-0.3, -0.25) is 0 Å². The summed E-state index contributed by atoms with van der Waals surface area (Å²) in [6, 6.07) is 4.94. The summed E-state index contributed by atoms with van der Waals surface area (Å²) in [5, 5.41) is 9.64. The van der Waals surface area contributed by atoms with Gasteiger partial charge in [-0.1, -0.05) is 25.8 Å². The lowest BCUT2D eigenvalue weighted by molar-refractivity contribution is 0.194. The van der Waals surface area contributed by atoms with Crippen molar-refractivity contribution in [3.8, 4) is 0 Å². The van der Waals surface area contributed by atoms with Crippen LogP contribution < -0.4 is 4.90 Å². The molecule has 1 atom stereocenters. The van der Waals surface area contributed by atoms with Crippen LogP contribution in [-0.4, -0.2) is 18.7 Å². The van der Waals surface area contributed by atoms with Gasteiger partial charge in [0.1, 0.15) is 5.82 Å². The molecular formula is C14H22FNO. The Balaban J connectivity index is 2.85. The minimum atomic E-state index is -0.778. The number of halogens is 1. The number of benzene rings is 1. The third-order valence-electron chi connectivity index (χ3n) is 2.96. The van der Waals surface area contributed by atoms with Gasteiger partial charge in [0.25, 0.3) is 0 Å². The number of unbranched alkanes of at least 4 members (excludes halogenated alkanes) is 2. The normalized spacial score (nSPS) is 12.5. The van der Waals surface area contributed by atoms with E-state index in [0.717, 1.165) is 18.7 Å². The van der Waals surface area contributed by atoms with Crippen LogP contribution in [-0.2, 0) is 0 Å². The van der Waals surface area contributed by atoms with Gasteiger partial charge in [0.2, 0.25) is 0 Å². The van der Waals surface area contributed by atoms with Gasteiger partial charge in [0.15, 0.2) is 0 Å². The molecule has 3 heteroatoms.